The molecule has 2 nitrogen and oxygen atoms in total. The van der Waals surface area contributed by atoms with Crippen LogP contribution in [0.25, 0.3) is 23.4 Å². The zero-order valence-corrected chi connectivity index (χ0v) is 30.2. The van der Waals surface area contributed by atoms with Gasteiger partial charge < -0.3 is 10.2 Å². The van der Waals surface area contributed by atoms with E-state index in [-0.39, 0.29) is 10.8 Å². The number of anilines is 1. The molecule has 1 heterocycles. The monoisotopic (exact) mass is 615 g/mol. The Bertz CT molecular complexity index is 1730. The molecule has 2 N–H and O–H groups in total. The average Bonchev–Trinajstić information content (AvgIpc) is 3.21. The highest BCUT2D eigenvalue weighted by atomic mass is 15.2. The number of nitrogens with zero attached hydrogens (tertiary/aromatic N) is 1. The van der Waals surface area contributed by atoms with E-state index >= 15 is 0 Å². The molecule has 0 aliphatic carbocycles. The molecule has 0 amide bonds. The van der Waals surface area contributed by atoms with Gasteiger partial charge in [-0.1, -0.05) is 135 Å². The second-order valence-electron chi connectivity index (χ2n) is 15.1. The minimum absolute atomic E-state index is 0.00178. The Morgan fingerprint density at radius 2 is 1.61 bits per heavy atom. The Balaban J connectivity index is 1.61. The molecule has 46 heavy (non-hydrogen) atoms. The first kappa shape index (κ1) is 35.2. The summed E-state index contributed by atoms with van der Waals surface area (Å²) in [6.45, 7) is 27.4. The first-order chi connectivity index (χ1) is 21.9. The molecule has 0 aromatic heterocycles. The third kappa shape index (κ3) is 8.02. The van der Waals surface area contributed by atoms with Gasteiger partial charge >= 0.3 is 0 Å². The predicted molar refractivity (Wildman–Crippen MR) is 204 cm³/mol. The lowest BCUT2D eigenvalue weighted by molar-refractivity contribution is -0.573. The van der Waals surface area contributed by atoms with Crippen LogP contribution < -0.4 is 20.7 Å². The number of nitrogens with two attached hydrogens (primary N) is 1. The number of hydrogen-bond acceptors (Lipinski definition) is 1. The smallest absolute Gasteiger partial charge is 0.133 e. The summed E-state index contributed by atoms with van der Waals surface area (Å²) in [5.41, 5.74) is 6.79. The number of quaternary nitrogens is 1. The summed E-state index contributed by atoms with van der Waals surface area (Å²) >= 11 is 0. The van der Waals surface area contributed by atoms with Crippen molar-refractivity contribution in [2.45, 2.75) is 92.4 Å². The van der Waals surface area contributed by atoms with E-state index in [9.17, 15) is 0 Å². The topological polar surface area (TPSA) is 19.9 Å². The van der Waals surface area contributed by atoms with E-state index in [1.165, 1.54) is 50.6 Å². The molecular formula is C44H59N2+. The molecule has 0 bridgehead atoms. The maximum Gasteiger partial charge on any atom is 0.133 e. The second-order valence-corrected chi connectivity index (χ2v) is 15.1. The molecule has 4 rings (SSSR count). The van der Waals surface area contributed by atoms with Crippen molar-refractivity contribution in [2.75, 3.05) is 18.0 Å². The van der Waals surface area contributed by atoms with Gasteiger partial charge in [0, 0.05) is 28.9 Å². The summed E-state index contributed by atoms with van der Waals surface area (Å²) in [4.78, 5) is 2.55. The van der Waals surface area contributed by atoms with Crippen LogP contribution in [-0.4, -0.2) is 13.1 Å². The highest BCUT2D eigenvalue weighted by Crippen LogP contribution is 2.46. The Hall–Kier alpha value is -3.62. The van der Waals surface area contributed by atoms with Crippen molar-refractivity contribution >= 4 is 34.8 Å². The van der Waals surface area contributed by atoms with Crippen molar-refractivity contribution in [3.63, 3.8) is 0 Å². The summed E-state index contributed by atoms with van der Waals surface area (Å²) in [5.74, 6) is 1.36. The molecule has 0 spiro atoms. The highest BCUT2D eigenvalue weighted by molar-refractivity contribution is 5.89. The first-order valence-electron chi connectivity index (χ1n) is 17.5. The minimum Gasteiger partial charge on any atom is -0.344 e. The lowest BCUT2D eigenvalue weighted by Gasteiger charge is -2.27. The Kier molecular flexibility index (Phi) is 11.7. The largest absolute Gasteiger partial charge is 0.344 e. The minimum atomic E-state index is -0.125. The first-order valence-corrected chi connectivity index (χ1v) is 17.5. The van der Waals surface area contributed by atoms with Crippen molar-refractivity contribution in [1.29, 1.82) is 0 Å². The summed E-state index contributed by atoms with van der Waals surface area (Å²) in [6, 6.07) is 17.9. The van der Waals surface area contributed by atoms with Crippen LogP contribution in [0.4, 0.5) is 11.4 Å². The molecular weight excluding hydrogens is 556 g/mol. The predicted octanol–water partition coefficient (Wildman–Crippen LogP) is 9.36. The van der Waals surface area contributed by atoms with Gasteiger partial charge in [0.05, 0.1) is 6.54 Å². The maximum atomic E-state index is 4.39. The van der Waals surface area contributed by atoms with Gasteiger partial charge in [-0.25, -0.2) is 0 Å². The number of allylic oxidation sites excluding steroid dienone is 8. The Morgan fingerprint density at radius 3 is 2.33 bits per heavy atom. The molecule has 0 saturated heterocycles. The van der Waals surface area contributed by atoms with Crippen LogP contribution in [0.3, 0.4) is 0 Å². The molecule has 0 unspecified atom stereocenters. The molecule has 0 fully saturated rings. The van der Waals surface area contributed by atoms with Crippen molar-refractivity contribution in [2.24, 2.45) is 11.8 Å². The van der Waals surface area contributed by atoms with Gasteiger partial charge in [0.15, 0.2) is 0 Å². The molecule has 0 saturated carbocycles. The van der Waals surface area contributed by atoms with Gasteiger partial charge in [-0.05, 0) is 94.5 Å². The fourth-order valence-corrected chi connectivity index (χ4v) is 6.98. The van der Waals surface area contributed by atoms with Crippen LogP contribution in [-0.2, 0) is 10.8 Å². The number of rotatable bonds is 13. The third-order valence-electron chi connectivity index (χ3n) is 9.53. The Morgan fingerprint density at radius 1 is 0.870 bits per heavy atom. The molecule has 3 aromatic carbocycles. The molecule has 2 heteroatoms. The van der Waals surface area contributed by atoms with Crippen LogP contribution in [0.2, 0.25) is 0 Å². The average molecular weight is 616 g/mol. The zero-order valence-electron chi connectivity index (χ0n) is 30.2. The normalized spacial score (nSPS) is 16.5. The third-order valence-corrected chi connectivity index (χ3v) is 9.53. The quantitative estimate of drug-likeness (QED) is 0.150. The maximum absolute atomic E-state index is 4.39. The lowest BCUT2D eigenvalue weighted by Crippen LogP contribution is -2.78. The van der Waals surface area contributed by atoms with Crippen LogP contribution in [0, 0.1) is 11.8 Å². The standard InChI is InChI=1S/C44H58N2/c1-11-12-20-36-34(6)23-26-39-42(36)44(9,10)40(46(39)31-28-33(4)5)22-15-13-14-18-29-43(7,8)41-37-21-17-16-19-35(37)24-25-38(41)45-30-27-32(2)3/h11-26,32-33,45H,6,27-31H2,1-5,7-10H3/p+1/b12-11-,15-13+,18-14+,36-20+,40-22+. The van der Waals surface area contributed by atoms with E-state index in [2.05, 4.69) is 176 Å². The van der Waals surface area contributed by atoms with Gasteiger partial charge in [0.1, 0.15) is 5.69 Å². The van der Waals surface area contributed by atoms with Crippen LogP contribution in [0.15, 0.2) is 96.8 Å². The van der Waals surface area contributed by atoms with Crippen molar-refractivity contribution in [3.8, 4) is 0 Å². The SMILES string of the molecule is C=c1ccc2c(/c1=C/C=C\C)C(C)(C)\C(=C/C=C/C=C/CC(C)(C)c1c([NH2+]CCC(C)C)ccc3ccccc13)N2CCC(C)C. The van der Waals surface area contributed by atoms with Gasteiger partial charge in [0.2, 0.25) is 0 Å². The van der Waals surface area contributed by atoms with Crippen molar-refractivity contribution in [3.05, 3.63) is 118 Å². The van der Waals surface area contributed by atoms with Crippen molar-refractivity contribution in [1.82, 2.24) is 0 Å². The van der Waals surface area contributed by atoms with Crippen LogP contribution in [0.1, 0.15) is 92.7 Å². The van der Waals surface area contributed by atoms with E-state index in [0.29, 0.717) is 11.8 Å². The highest BCUT2D eigenvalue weighted by Gasteiger charge is 2.40. The van der Waals surface area contributed by atoms with E-state index in [0.717, 1.165) is 31.1 Å². The summed E-state index contributed by atoms with van der Waals surface area (Å²) in [6.07, 6.45) is 21.2. The molecule has 3 aromatic rings. The molecule has 1 aliphatic heterocycles. The van der Waals surface area contributed by atoms with E-state index in [1.54, 1.807) is 0 Å². The summed E-state index contributed by atoms with van der Waals surface area (Å²) < 4.78 is 0. The molecule has 1 aliphatic rings. The molecule has 244 valence electrons. The number of fused-ring (bicyclic) bond motifs is 2. The lowest BCUT2D eigenvalue weighted by atomic mass is 9.78. The zero-order chi connectivity index (χ0) is 33.5. The van der Waals surface area contributed by atoms with Gasteiger partial charge in [-0.3, -0.25) is 0 Å². The van der Waals surface area contributed by atoms with Gasteiger partial charge in [-0.2, -0.15) is 0 Å². The fourth-order valence-electron chi connectivity index (χ4n) is 6.98. The van der Waals surface area contributed by atoms with E-state index in [1.807, 2.05) is 0 Å². The summed E-state index contributed by atoms with van der Waals surface area (Å²) in [7, 11) is 0. The van der Waals surface area contributed by atoms with Crippen LogP contribution in [0.5, 0.6) is 0 Å². The fraction of sp³-hybridized carbons (Fsp3) is 0.409. The summed E-state index contributed by atoms with van der Waals surface area (Å²) in [5, 5.41) is 7.49. The second kappa shape index (κ2) is 15.3. The van der Waals surface area contributed by atoms with E-state index < -0.39 is 0 Å². The van der Waals surface area contributed by atoms with Gasteiger partial charge in [0.25, 0.3) is 0 Å². The Labute approximate surface area is 280 Å². The van der Waals surface area contributed by atoms with Gasteiger partial charge in [-0.15, -0.1) is 0 Å². The molecule has 0 atom stereocenters. The number of hydrogen-bond donors (Lipinski definition) is 1. The van der Waals surface area contributed by atoms with Crippen LogP contribution >= 0.6 is 0 Å². The number of benzene rings is 3. The molecule has 0 radical (unpaired) electrons. The van der Waals surface area contributed by atoms with Crippen molar-refractivity contribution < 1.29 is 5.32 Å². The van der Waals surface area contributed by atoms with E-state index in [4.69, 9.17) is 0 Å².